The highest BCUT2D eigenvalue weighted by molar-refractivity contribution is 5.99. The molecular weight excluding hydrogens is 264 g/mol. The van der Waals surface area contributed by atoms with Gasteiger partial charge in [-0.1, -0.05) is 24.3 Å². The Balaban J connectivity index is 2.11. The Morgan fingerprint density at radius 3 is 2.38 bits per heavy atom. The lowest BCUT2D eigenvalue weighted by atomic mass is 10.1. The zero-order chi connectivity index (χ0) is 15.2. The Morgan fingerprint density at radius 1 is 1.10 bits per heavy atom. The Labute approximate surface area is 125 Å². The molecule has 110 valence electrons. The first-order chi connectivity index (χ1) is 10.2. The van der Waals surface area contributed by atoms with Crippen molar-refractivity contribution in [2.24, 2.45) is 0 Å². The standard InChI is InChI=1S/C17H20N2O2/c1-12(13-8-10-14(21-3)11-9-13)19-17(20)15-6-4-5-7-16(15)18-2/h4-12,18H,1-3H3,(H,19,20)/t12-/m1/s1. The number of hydrogen-bond donors (Lipinski definition) is 2. The van der Waals surface area contributed by atoms with Crippen molar-refractivity contribution in [3.05, 3.63) is 59.7 Å². The highest BCUT2D eigenvalue weighted by atomic mass is 16.5. The smallest absolute Gasteiger partial charge is 0.253 e. The van der Waals surface area contributed by atoms with E-state index < -0.39 is 0 Å². The molecule has 0 radical (unpaired) electrons. The minimum Gasteiger partial charge on any atom is -0.497 e. The van der Waals surface area contributed by atoms with Crippen LogP contribution in [-0.2, 0) is 0 Å². The summed E-state index contributed by atoms with van der Waals surface area (Å²) in [6, 6.07) is 15.0. The van der Waals surface area contributed by atoms with E-state index in [-0.39, 0.29) is 11.9 Å². The van der Waals surface area contributed by atoms with E-state index in [1.54, 1.807) is 14.2 Å². The van der Waals surface area contributed by atoms with Gasteiger partial charge in [0, 0.05) is 12.7 Å². The number of nitrogens with one attached hydrogen (secondary N) is 2. The number of methoxy groups -OCH3 is 1. The summed E-state index contributed by atoms with van der Waals surface area (Å²) in [4.78, 5) is 12.4. The van der Waals surface area contributed by atoms with Gasteiger partial charge in [-0.3, -0.25) is 4.79 Å². The molecule has 0 unspecified atom stereocenters. The first-order valence-electron chi connectivity index (χ1n) is 6.87. The van der Waals surface area contributed by atoms with Crippen LogP contribution >= 0.6 is 0 Å². The van der Waals surface area contributed by atoms with Gasteiger partial charge in [0.05, 0.1) is 18.7 Å². The fourth-order valence-corrected chi connectivity index (χ4v) is 2.15. The molecule has 0 heterocycles. The maximum Gasteiger partial charge on any atom is 0.253 e. The fourth-order valence-electron chi connectivity index (χ4n) is 2.15. The number of anilines is 1. The molecule has 4 heteroatoms. The van der Waals surface area contributed by atoms with E-state index in [0.717, 1.165) is 17.0 Å². The van der Waals surface area contributed by atoms with Gasteiger partial charge in [0.15, 0.2) is 0 Å². The Bertz CT molecular complexity index is 608. The van der Waals surface area contributed by atoms with Crippen LogP contribution in [0.5, 0.6) is 5.75 Å². The van der Waals surface area contributed by atoms with Gasteiger partial charge in [-0.25, -0.2) is 0 Å². The summed E-state index contributed by atoms with van der Waals surface area (Å²) in [5.41, 5.74) is 2.49. The lowest BCUT2D eigenvalue weighted by Crippen LogP contribution is -2.27. The zero-order valence-electron chi connectivity index (χ0n) is 12.5. The second-order valence-electron chi connectivity index (χ2n) is 4.76. The van der Waals surface area contributed by atoms with Crippen molar-refractivity contribution in [1.29, 1.82) is 0 Å². The van der Waals surface area contributed by atoms with E-state index in [4.69, 9.17) is 4.74 Å². The predicted octanol–water partition coefficient (Wildman–Crippen LogP) is 3.23. The molecule has 1 amide bonds. The highest BCUT2D eigenvalue weighted by Crippen LogP contribution is 2.19. The molecule has 1 atom stereocenters. The Kier molecular flexibility index (Phi) is 4.82. The number of para-hydroxylation sites is 1. The zero-order valence-corrected chi connectivity index (χ0v) is 12.5. The SMILES string of the molecule is CNc1ccccc1C(=O)N[C@H](C)c1ccc(OC)cc1. The van der Waals surface area contributed by atoms with Gasteiger partial charge < -0.3 is 15.4 Å². The number of carbonyl (C=O) groups excluding carboxylic acids is 1. The molecular formula is C17H20N2O2. The quantitative estimate of drug-likeness (QED) is 0.886. The van der Waals surface area contributed by atoms with Crippen molar-refractivity contribution in [2.45, 2.75) is 13.0 Å². The molecule has 0 saturated carbocycles. The minimum atomic E-state index is -0.0942. The van der Waals surface area contributed by atoms with Crippen LogP contribution in [0.3, 0.4) is 0 Å². The Morgan fingerprint density at radius 2 is 1.76 bits per heavy atom. The summed E-state index contributed by atoms with van der Waals surface area (Å²) in [5, 5.41) is 6.03. The molecule has 2 aromatic carbocycles. The molecule has 0 aliphatic carbocycles. The largest absolute Gasteiger partial charge is 0.497 e. The van der Waals surface area contributed by atoms with E-state index in [1.807, 2.05) is 55.5 Å². The summed E-state index contributed by atoms with van der Waals surface area (Å²) >= 11 is 0. The molecule has 21 heavy (non-hydrogen) atoms. The summed E-state index contributed by atoms with van der Waals surface area (Å²) in [6.07, 6.45) is 0. The molecule has 2 rings (SSSR count). The van der Waals surface area contributed by atoms with Crippen molar-refractivity contribution in [1.82, 2.24) is 5.32 Å². The number of benzene rings is 2. The first-order valence-corrected chi connectivity index (χ1v) is 6.87. The molecule has 0 fully saturated rings. The lowest BCUT2D eigenvalue weighted by molar-refractivity contribution is 0.0940. The van der Waals surface area contributed by atoms with Crippen LogP contribution in [0.15, 0.2) is 48.5 Å². The van der Waals surface area contributed by atoms with Gasteiger partial charge in [-0.15, -0.1) is 0 Å². The van der Waals surface area contributed by atoms with Gasteiger partial charge in [0.2, 0.25) is 0 Å². The third-order valence-electron chi connectivity index (χ3n) is 3.40. The van der Waals surface area contributed by atoms with E-state index in [9.17, 15) is 4.79 Å². The molecule has 0 aliphatic heterocycles. The Hall–Kier alpha value is -2.49. The second-order valence-corrected chi connectivity index (χ2v) is 4.76. The maximum absolute atomic E-state index is 12.4. The summed E-state index contributed by atoms with van der Waals surface area (Å²) in [5.74, 6) is 0.709. The van der Waals surface area contributed by atoms with E-state index in [2.05, 4.69) is 10.6 Å². The van der Waals surface area contributed by atoms with Crippen molar-refractivity contribution in [2.75, 3.05) is 19.5 Å². The molecule has 2 N–H and O–H groups in total. The van der Waals surface area contributed by atoms with Crippen molar-refractivity contribution in [3.63, 3.8) is 0 Å². The van der Waals surface area contributed by atoms with Crippen LogP contribution in [0.25, 0.3) is 0 Å². The highest BCUT2D eigenvalue weighted by Gasteiger charge is 2.14. The van der Waals surface area contributed by atoms with Crippen LogP contribution < -0.4 is 15.4 Å². The predicted molar refractivity (Wildman–Crippen MR) is 84.9 cm³/mol. The minimum absolute atomic E-state index is 0.0756. The van der Waals surface area contributed by atoms with Gasteiger partial charge in [0.25, 0.3) is 5.91 Å². The fraction of sp³-hybridized carbons (Fsp3) is 0.235. The van der Waals surface area contributed by atoms with Crippen LogP contribution in [0.4, 0.5) is 5.69 Å². The molecule has 0 saturated heterocycles. The summed E-state index contributed by atoms with van der Waals surface area (Å²) in [7, 11) is 3.44. The van der Waals surface area contributed by atoms with Crippen molar-refractivity contribution >= 4 is 11.6 Å². The van der Waals surface area contributed by atoms with Gasteiger partial charge in [-0.2, -0.15) is 0 Å². The average molecular weight is 284 g/mol. The summed E-state index contributed by atoms with van der Waals surface area (Å²) in [6.45, 7) is 1.96. The van der Waals surface area contributed by atoms with Crippen LogP contribution in [0.2, 0.25) is 0 Å². The number of carbonyl (C=O) groups is 1. The topological polar surface area (TPSA) is 50.4 Å². The average Bonchev–Trinajstić information content (AvgIpc) is 2.54. The molecule has 2 aromatic rings. The van der Waals surface area contributed by atoms with Crippen LogP contribution in [0.1, 0.15) is 28.9 Å². The molecule has 0 aliphatic rings. The van der Waals surface area contributed by atoms with E-state index >= 15 is 0 Å². The maximum atomic E-state index is 12.4. The normalized spacial score (nSPS) is 11.6. The first kappa shape index (κ1) is 14.9. The number of hydrogen-bond acceptors (Lipinski definition) is 3. The van der Waals surface area contributed by atoms with Crippen LogP contribution in [-0.4, -0.2) is 20.1 Å². The van der Waals surface area contributed by atoms with Crippen LogP contribution in [0, 0.1) is 0 Å². The van der Waals surface area contributed by atoms with Gasteiger partial charge in [0.1, 0.15) is 5.75 Å². The number of amides is 1. The van der Waals surface area contributed by atoms with Gasteiger partial charge >= 0.3 is 0 Å². The van der Waals surface area contributed by atoms with Crippen molar-refractivity contribution in [3.8, 4) is 5.75 Å². The molecule has 0 spiro atoms. The van der Waals surface area contributed by atoms with E-state index in [1.165, 1.54) is 0 Å². The third kappa shape index (κ3) is 3.54. The summed E-state index contributed by atoms with van der Waals surface area (Å²) < 4.78 is 5.13. The van der Waals surface area contributed by atoms with Crippen molar-refractivity contribution < 1.29 is 9.53 Å². The molecule has 0 aromatic heterocycles. The molecule has 0 bridgehead atoms. The number of rotatable bonds is 5. The third-order valence-corrected chi connectivity index (χ3v) is 3.40. The van der Waals surface area contributed by atoms with E-state index in [0.29, 0.717) is 5.56 Å². The second kappa shape index (κ2) is 6.79. The monoisotopic (exact) mass is 284 g/mol. The van der Waals surface area contributed by atoms with Gasteiger partial charge in [-0.05, 0) is 36.8 Å². The lowest BCUT2D eigenvalue weighted by Gasteiger charge is -2.16. The number of ether oxygens (including phenoxy) is 1. The molecule has 4 nitrogen and oxygen atoms in total.